The minimum atomic E-state index is -0.574. The lowest BCUT2D eigenvalue weighted by molar-refractivity contribution is -0.384. The standard InChI is InChI=1S/C11H13N3O4/c1-12-11(16)6-13(2)10-4-3-9(14(17)18)5-8(10)7-15/h3-5,7H,6H2,1-2H3,(H,12,16). The van der Waals surface area contributed by atoms with Gasteiger partial charge in [0.1, 0.15) is 0 Å². The first-order valence-corrected chi connectivity index (χ1v) is 5.15. The van der Waals surface area contributed by atoms with Gasteiger partial charge in [0.2, 0.25) is 5.91 Å². The molecule has 1 N–H and O–H groups in total. The van der Waals surface area contributed by atoms with E-state index >= 15 is 0 Å². The number of hydrogen-bond donors (Lipinski definition) is 1. The van der Waals surface area contributed by atoms with E-state index in [1.165, 1.54) is 25.2 Å². The number of nitro groups is 1. The molecule has 0 fully saturated rings. The van der Waals surface area contributed by atoms with E-state index in [0.717, 1.165) is 0 Å². The summed E-state index contributed by atoms with van der Waals surface area (Å²) < 4.78 is 0. The largest absolute Gasteiger partial charge is 0.365 e. The highest BCUT2D eigenvalue weighted by molar-refractivity contribution is 5.88. The van der Waals surface area contributed by atoms with Crippen LogP contribution < -0.4 is 10.2 Å². The van der Waals surface area contributed by atoms with E-state index in [2.05, 4.69) is 5.32 Å². The molecule has 96 valence electrons. The average molecular weight is 251 g/mol. The van der Waals surface area contributed by atoms with Crippen LogP contribution in [0, 0.1) is 10.1 Å². The molecule has 1 aromatic rings. The van der Waals surface area contributed by atoms with Crippen molar-refractivity contribution < 1.29 is 14.5 Å². The first-order chi connectivity index (χ1) is 8.49. The van der Waals surface area contributed by atoms with E-state index in [9.17, 15) is 19.7 Å². The third kappa shape index (κ3) is 3.03. The van der Waals surface area contributed by atoms with Crippen LogP contribution in [0.1, 0.15) is 10.4 Å². The molecule has 0 bridgehead atoms. The molecule has 18 heavy (non-hydrogen) atoms. The van der Waals surface area contributed by atoms with Crippen molar-refractivity contribution in [3.05, 3.63) is 33.9 Å². The second-order valence-electron chi connectivity index (χ2n) is 3.65. The predicted molar refractivity (Wildman–Crippen MR) is 65.8 cm³/mol. The molecule has 1 rings (SSSR count). The van der Waals surface area contributed by atoms with Crippen molar-refractivity contribution in [3.8, 4) is 0 Å². The number of likely N-dealkylation sites (N-methyl/N-ethyl adjacent to an activating group) is 2. The normalized spacial score (nSPS) is 9.67. The Kier molecular flexibility index (Phi) is 4.36. The van der Waals surface area contributed by atoms with E-state index in [1.54, 1.807) is 11.9 Å². The molecule has 0 aliphatic heterocycles. The molecular formula is C11H13N3O4. The topological polar surface area (TPSA) is 92.6 Å². The SMILES string of the molecule is CNC(=O)CN(C)c1ccc([N+](=O)[O-])cc1C=O. The summed E-state index contributed by atoms with van der Waals surface area (Å²) in [6, 6.07) is 3.93. The highest BCUT2D eigenvalue weighted by Gasteiger charge is 2.14. The third-order valence-electron chi connectivity index (χ3n) is 2.42. The molecule has 0 saturated carbocycles. The fourth-order valence-corrected chi connectivity index (χ4v) is 1.48. The maximum atomic E-state index is 11.2. The van der Waals surface area contributed by atoms with Gasteiger partial charge in [-0.25, -0.2) is 0 Å². The van der Waals surface area contributed by atoms with Crippen LogP contribution in [0.2, 0.25) is 0 Å². The number of anilines is 1. The van der Waals surface area contributed by atoms with E-state index in [4.69, 9.17) is 0 Å². The lowest BCUT2D eigenvalue weighted by Gasteiger charge is -2.19. The van der Waals surface area contributed by atoms with Gasteiger partial charge in [-0.1, -0.05) is 0 Å². The average Bonchev–Trinajstić information content (AvgIpc) is 2.37. The van der Waals surface area contributed by atoms with Crippen molar-refractivity contribution in [1.29, 1.82) is 0 Å². The van der Waals surface area contributed by atoms with Crippen LogP contribution in [0.4, 0.5) is 11.4 Å². The van der Waals surface area contributed by atoms with Crippen LogP contribution in [-0.4, -0.2) is 37.8 Å². The van der Waals surface area contributed by atoms with Crippen LogP contribution in [0.3, 0.4) is 0 Å². The summed E-state index contributed by atoms with van der Waals surface area (Å²) in [7, 11) is 3.13. The number of rotatable bonds is 5. The smallest absolute Gasteiger partial charge is 0.270 e. The van der Waals surface area contributed by atoms with Crippen LogP contribution in [0.5, 0.6) is 0 Å². The zero-order valence-electron chi connectivity index (χ0n) is 10.0. The van der Waals surface area contributed by atoms with Crippen LogP contribution in [0.25, 0.3) is 0 Å². The molecular weight excluding hydrogens is 238 g/mol. The van der Waals surface area contributed by atoms with Crippen molar-refractivity contribution in [1.82, 2.24) is 5.32 Å². The zero-order chi connectivity index (χ0) is 13.7. The summed E-state index contributed by atoms with van der Waals surface area (Å²) >= 11 is 0. The highest BCUT2D eigenvalue weighted by atomic mass is 16.6. The Bertz CT molecular complexity index is 487. The molecule has 0 spiro atoms. The maximum absolute atomic E-state index is 11.2. The van der Waals surface area contributed by atoms with Gasteiger partial charge in [-0.05, 0) is 6.07 Å². The van der Waals surface area contributed by atoms with Crippen LogP contribution >= 0.6 is 0 Å². The zero-order valence-corrected chi connectivity index (χ0v) is 10.0. The monoisotopic (exact) mass is 251 g/mol. The second-order valence-corrected chi connectivity index (χ2v) is 3.65. The first-order valence-electron chi connectivity index (χ1n) is 5.15. The number of carbonyl (C=O) groups is 2. The van der Waals surface area contributed by atoms with Gasteiger partial charge >= 0.3 is 0 Å². The van der Waals surface area contributed by atoms with Gasteiger partial charge in [0.05, 0.1) is 11.5 Å². The highest BCUT2D eigenvalue weighted by Crippen LogP contribution is 2.23. The van der Waals surface area contributed by atoms with Crippen LogP contribution in [0.15, 0.2) is 18.2 Å². The van der Waals surface area contributed by atoms with E-state index in [0.29, 0.717) is 12.0 Å². The number of benzene rings is 1. The number of carbonyl (C=O) groups excluding carboxylic acids is 2. The van der Waals surface area contributed by atoms with Gasteiger partial charge in [-0.15, -0.1) is 0 Å². The van der Waals surface area contributed by atoms with Gasteiger partial charge < -0.3 is 10.2 Å². The molecule has 0 atom stereocenters. The third-order valence-corrected chi connectivity index (χ3v) is 2.42. The molecule has 0 radical (unpaired) electrons. The lowest BCUT2D eigenvalue weighted by Crippen LogP contribution is -2.33. The van der Waals surface area contributed by atoms with Crippen molar-refractivity contribution in [2.24, 2.45) is 0 Å². The predicted octanol–water partition coefficient (Wildman–Crippen LogP) is 0.589. The lowest BCUT2D eigenvalue weighted by atomic mass is 10.1. The van der Waals surface area contributed by atoms with E-state index in [-0.39, 0.29) is 23.7 Å². The molecule has 0 saturated heterocycles. The van der Waals surface area contributed by atoms with E-state index in [1.807, 2.05) is 0 Å². The summed E-state index contributed by atoms with van der Waals surface area (Å²) in [5.74, 6) is -0.215. The molecule has 0 aliphatic carbocycles. The molecule has 7 nitrogen and oxygen atoms in total. The summed E-state index contributed by atoms with van der Waals surface area (Å²) in [5, 5.41) is 13.0. The molecule has 0 unspecified atom stereocenters. The molecule has 0 aromatic heterocycles. The minimum absolute atomic E-state index is 0.0646. The number of nitrogens with one attached hydrogen (secondary N) is 1. The maximum Gasteiger partial charge on any atom is 0.270 e. The molecule has 0 aliphatic rings. The Morgan fingerprint density at radius 1 is 1.56 bits per heavy atom. The summed E-state index contributed by atoms with van der Waals surface area (Å²) in [6.07, 6.45) is 0.530. The number of non-ortho nitro benzene ring substituents is 1. The number of nitro benzene ring substituents is 1. The fourth-order valence-electron chi connectivity index (χ4n) is 1.48. The minimum Gasteiger partial charge on any atom is -0.365 e. The Balaban J connectivity index is 3.05. The van der Waals surface area contributed by atoms with Crippen molar-refractivity contribution >= 4 is 23.6 Å². The summed E-state index contributed by atoms with van der Waals surface area (Å²) in [4.78, 5) is 33.7. The Hall–Kier alpha value is -2.44. The molecule has 0 heterocycles. The van der Waals surface area contributed by atoms with E-state index < -0.39 is 4.92 Å². The van der Waals surface area contributed by atoms with Gasteiger partial charge in [-0.2, -0.15) is 0 Å². The summed E-state index contributed by atoms with van der Waals surface area (Å²) in [6.45, 7) is 0.0646. The van der Waals surface area contributed by atoms with Crippen molar-refractivity contribution in [2.75, 3.05) is 25.5 Å². The Morgan fingerprint density at radius 3 is 2.72 bits per heavy atom. The number of aldehydes is 1. The van der Waals surface area contributed by atoms with Gasteiger partial charge in [0.25, 0.3) is 5.69 Å². The Morgan fingerprint density at radius 2 is 2.22 bits per heavy atom. The van der Waals surface area contributed by atoms with Crippen LogP contribution in [-0.2, 0) is 4.79 Å². The first kappa shape index (κ1) is 13.6. The molecule has 7 heteroatoms. The number of amides is 1. The molecule has 1 aromatic carbocycles. The van der Waals surface area contributed by atoms with Gasteiger partial charge in [0, 0.05) is 37.5 Å². The van der Waals surface area contributed by atoms with Crippen molar-refractivity contribution in [3.63, 3.8) is 0 Å². The quantitative estimate of drug-likeness (QED) is 0.469. The Labute approximate surface area is 104 Å². The number of nitrogens with zero attached hydrogens (tertiary/aromatic N) is 2. The van der Waals surface area contributed by atoms with Crippen molar-refractivity contribution in [2.45, 2.75) is 0 Å². The fraction of sp³-hybridized carbons (Fsp3) is 0.273. The second kappa shape index (κ2) is 5.76. The summed E-state index contributed by atoms with van der Waals surface area (Å²) in [5.41, 5.74) is 0.490. The van der Waals surface area contributed by atoms with Gasteiger partial charge in [-0.3, -0.25) is 19.7 Å². The number of hydrogen-bond acceptors (Lipinski definition) is 5. The van der Waals surface area contributed by atoms with Gasteiger partial charge in [0.15, 0.2) is 6.29 Å². The molecule has 1 amide bonds.